The van der Waals surface area contributed by atoms with E-state index in [1.165, 1.54) is 24.5 Å². The standard InChI is InChI=1S/C24H25N3O5/c1-31-16-12-15-8-11-26-21(20(15)19(13-16)32-2)17-4-3-5-18(23(26)29)27(17)24(30)22(28)14-6-9-25-10-7-14/h6-7,9-10,12-13,17-18,21H,3-5,8,11H2,1-2H3/t17-,18+,21?/m1/s1. The summed E-state index contributed by atoms with van der Waals surface area (Å²) in [6.07, 6.45) is 5.77. The lowest BCUT2D eigenvalue weighted by Gasteiger charge is -2.55. The molecular weight excluding hydrogens is 410 g/mol. The number of piperazine rings is 1. The molecule has 1 aromatic carbocycles. The molecule has 2 amide bonds. The molecule has 0 saturated carbocycles. The summed E-state index contributed by atoms with van der Waals surface area (Å²) in [5.41, 5.74) is 2.24. The van der Waals surface area contributed by atoms with Crippen LogP contribution < -0.4 is 9.47 Å². The number of pyridine rings is 1. The van der Waals surface area contributed by atoms with E-state index in [0.29, 0.717) is 30.9 Å². The Labute approximate surface area is 186 Å². The lowest BCUT2D eigenvalue weighted by Crippen LogP contribution is -2.68. The van der Waals surface area contributed by atoms with Crippen molar-refractivity contribution in [1.29, 1.82) is 0 Å². The fourth-order valence-corrected chi connectivity index (χ4v) is 5.48. The maximum atomic E-state index is 13.5. The van der Waals surface area contributed by atoms with Crippen LogP contribution in [0.2, 0.25) is 0 Å². The van der Waals surface area contributed by atoms with E-state index in [2.05, 4.69) is 4.98 Å². The summed E-state index contributed by atoms with van der Waals surface area (Å²) in [6.45, 7) is 0.570. The predicted octanol–water partition coefficient (Wildman–Crippen LogP) is 2.17. The summed E-state index contributed by atoms with van der Waals surface area (Å²) in [6, 6.07) is 5.61. The molecule has 1 unspecified atom stereocenters. The molecule has 2 aromatic rings. The maximum Gasteiger partial charge on any atom is 0.295 e. The number of carbonyl (C=O) groups excluding carboxylic acids is 3. The average molecular weight is 435 g/mol. The van der Waals surface area contributed by atoms with E-state index in [1.807, 2.05) is 17.0 Å². The largest absolute Gasteiger partial charge is 0.497 e. The molecule has 32 heavy (non-hydrogen) atoms. The van der Waals surface area contributed by atoms with E-state index >= 15 is 0 Å². The molecule has 166 valence electrons. The van der Waals surface area contributed by atoms with Crippen LogP contribution in [0.25, 0.3) is 0 Å². The lowest BCUT2D eigenvalue weighted by molar-refractivity contribution is -0.164. The molecular formula is C24H25N3O5. The molecule has 2 fully saturated rings. The molecule has 2 bridgehead atoms. The highest BCUT2D eigenvalue weighted by atomic mass is 16.5. The molecule has 1 aromatic heterocycles. The molecule has 0 N–H and O–H groups in total. The number of ketones is 1. The van der Waals surface area contributed by atoms with Crippen molar-refractivity contribution in [2.45, 2.75) is 43.8 Å². The van der Waals surface area contributed by atoms with Gasteiger partial charge in [0.05, 0.1) is 26.3 Å². The molecule has 0 spiro atoms. The number of ether oxygens (including phenoxy) is 2. The van der Waals surface area contributed by atoms with Gasteiger partial charge in [-0.25, -0.2) is 0 Å². The average Bonchev–Trinajstić information content (AvgIpc) is 2.85. The Morgan fingerprint density at radius 1 is 1.09 bits per heavy atom. The van der Waals surface area contributed by atoms with Crippen molar-refractivity contribution >= 4 is 17.6 Å². The van der Waals surface area contributed by atoms with Gasteiger partial charge in [0.2, 0.25) is 5.91 Å². The van der Waals surface area contributed by atoms with Crippen molar-refractivity contribution in [3.8, 4) is 11.5 Å². The van der Waals surface area contributed by atoms with Gasteiger partial charge in [-0.3, -0.25) is 19.4 Å². The van der Waals surface area contributed by atoms with Crippen molar-refractivity contribution < 1.29 is 23.9 Å². The first-order valence-corrected chi connectivity index (χ1v) is 10.9. The van der Waals surface area contributed by atoms with Gasteiger partial charge in [0, 0.05) is 36.1 Å². The first kappa shape index (κ1) is 20.5. The highest BCUT2D eigenvalue weighted by Crippen LogP contribution is 2.48. The SMILES string of the molecule is COc1cc2c(c(OC)c1)C1[C@H]3CCC[C@@H](C(=O)N1CC2)N3C(=O)C(=O)c1ccncc1. The number of rotatable bonds is 4. The van der Waals surface area contributed by atoms with Crippen LogP contribution in [0.15, 0.2) is 36.7 Å². The van der Waals surface area contributed by atoms with Crippen LogP contribution in [0.5, 0.6) is 11.5 Å². The number of nitrogens with zero attached hydrogens (tertiary/aromatic N) is 3. The number of methoxy groups -OCH3 is 2. The zero-order chi connectivity index (χ0) is 22.4. The van der Waals surface area contributed by atoms with Crippen molar-refractivity contribution in [2.75, 3.05) is 20.8 Å². The Morgan fingerprint density at radius 3 is 2.59 bits per heavy atom. The molecule has 5 rings (SSSR count). The van der Waals surface area contributed by atoms with Crippen LogP contribution in [-0.4, -0.2) is 65.2 Å². The van der Waals surface area contributed by atoms with Crippen molar-refractivity contribution in [3.05, 3.63) is 53.3 Å². The van der Waals surface area contributed by atoms with Crippen LogP contribution in [0, 0.1) is 0 Å². The number of fused-ring (bicyclic) bond motifs is 6. The van der Waals surface area contributed by atoms with Crippen molar-refractivity contribution in [3.63, 3.8) is 0 Å². The summed E-state index contributed by atoms with van der Waals surface area (Å²) in [4.78, 5) is 47.3. The first-order valence-electron chi connectivity index (χ1n) is 10.9. The molecule has 8 heteroatoms. The number of aromatic nitrogens is 1. The fourth-order valence-electron chi connectivity index (χ4n) is 5.48. The molecule has 3 atom stereocenters. The Kier molecular flexibility index (Phi) is 5.07. The van der Waals surface area contributed by atoms with E-state index in [1.54, 1.807) is 19.1 Å². The van der Waals surface area contributed by atoms with E-state index in [0.717, 1.165) is 24.0 Å². The maximum absolute atomic E-state index is 13.5. The molecule has 8 nitrogen and oxygen atoms in total. The zero-order valence-corrected chi connectivity index (χ0v) is 18.1. The molecule has 2 saturated heterocycles. The highest BCUT2D eigenvalue weighted by Gasteiger charge is 2.54. The molecule has 3 aliphatic rings. The van der Waals surface area contributed by atoms with Crippen LogP contribution in [0.1, 0.15) is 46.8 Å². The highest BCUT2D eigenvalue weighted by molar-refractivity contribution is 6.43. The minimum absolute atomic E-state index is 0.0923. The van der Waals surface area contributed by atoms with E-state index in [4.69, 9.17) is 9.47 Å². The van der Waals surface area contributed by atoms with Gasteiger partial charge in [-0.15, -0.1) is 0 Å². The smallest absolute Gasteiger partial charge is 0.295 e. The number of Topliss-reactive ketones (excluding diaryl/α,β-unsaturated/α-hetero) is 1. The predicted molar refractivity (Wildman–Crippen MR) is 115 cm³/mol. The van der Waals surface area contributed by atoms with Crippen LogP contribution in [-0.2, 0) is 16.0 Å². The Bertz CT molecular complexity index is 1070. The topological polar surface area (TPSA) is 89.0 Å². The van der Waals surface area contributed by atoms with Crippen LogP contribution >= 0.6 is 0 Å². The number of piperidine rings is 1. The third-order valence-electron chi connectivity index (χ3n) is 6.88. The van der Waals surface area contributed by atoms with Crippen molar-refractivity contribution in [1.82, 2.24) is 14.8 Å². The lowest BCUT2D eigenvalue weighted by atomic mass is 9.78. The van der Waals surface area contributed by atoms with Crippen molar-refractivity contribution in [2.24, 2.45) is 0 Å². The van der Waals surface area contributed by atoms with E-state index in [9.17, 15) is 14.4 Å². The fraction of sp³-hybridized carbons (Fsp3) is 0.417. The number of hydrogen-bond acceptors (Lipinski definition) is 6. The second-order valence-corrected chi connectivity index (χ2v) is 8.42. The number of hydrogen-bond donors (Lipinski definition) is 0. The number of carbonyl (C=O) groups is 3. The molecule has 3 aliphatic heterocycles. The molecule has 0 radical (unpaired) electrons. The normalized spacial score (nSPS) is 23.8. The number of amides is 2. The first-order chi connectivity index (χ1) is 15.5. The quantitative estimate of drug-likeness (QED) is 0.540. The van der Waals surface area contributed by atoms with Crippen LogP contribution in [0.4, 0.5) is 0 Å². The Balaban J connectivity index is 1.59. The van der Waals surface area contributed by atoms with E-state index in [-0.39, 0.29) is 23.6 Å². The summed E-state index contributed by atoms with van der Waals surface area (Å²) in [5, 5.41) is 0. The van der Waals surface area contributed by atoms with Gasteiger partial charge in [-0.05, 0) is 49.4 Å². The summed E-state index contributed by atoms with van der Waals surface area (Å²) < 4.78 is 11.1. The summed E-state index contributed by atoms with van der Waals surface area (Å²) in [5.74, 6) is 0.00404. The van der Waals surface area contributed by atoms with E-state index < -0.39 is 17.7 Å². The monoisotopic (exact) mass is 435 g/mol. The van der Waals surface area contributed by atoms with Gasteiger partial charge < -0.3 is 19.3 Å². The molecule has 4 heterocycles. The summed E-state index contributed by atoms with van der Waals surface area (Å²) in [7, 11) is 3.20. The zero-order valence-electron chi connectivity index (χ0n) is 18.1. The Hall–Kier alpha value is -3.42. The minimum Gasteiger partial charge on any atom is -0.497 e. The van der Waals surface area contributed by atoms with Gasteiger partial charge in [0.1, 0.15) is 17.5 Å². The molecule has 0 aliphatic carbocycles. The van der Waals surface area contributed by atoms with Gasteiger partial charge in [0.25, 0.3) is 11.7 Å². The Morgan fingerprint density at radius 2 is 1.88 bits per heavy atom. The number of benzene rings is 1. The van der Waals surface area contributed by atoms with Gasteiger partial charge in [-0.2, -0.15) is 0 Å². The minimum atomic E-state index is -0.626. The second-order valence-electron chi connectivity index (χ2n) is 8.42. The summed E-state index contributed by atoms with van der Waals surface area (Å²) >= 11 is 0. The van der Waals surface area contributed by atoms with Gasteiger partial charge >= 0.3 is 0 Å². The van der Waals surface area contributed by atoms with Gasteiger partial charge in [-0.1, -0.05) is 0 Å². The third-order valence-corrected chi connectivity index (χ3v) is 6.88. The second kappa shape index (κ2) is 7.93. The van der Waals surface area contributed by atoms with Gasteiger partial charge in [0.15, 0.2) is 0 Å². The van der Waals surface area contributed by atoms with Crippen LogP contribution in [0.3, 0.4) is 0 Å². The third kappa shape index (κ3) is 3.04.